The van der Waals surface area contributed by atoms with Crippen molar-refractivity contribution in [2.45, 2.75) is 56.6 Å². The summed E-state index contributed by atoms with van der Waals surface area (Å²) in [6.45, 7) is 10.1. The quantitative estimate of drug-likeness (QED) is 0.204. The summed E-state index contributed by atoms with van der Waals surface area (Å²) in [6, 6.07) is 27.3. The van der Waals surface area contributed by atoms with Crippen molar-refractivity contribution in [3.05, 3.63) is 130 Å². The van der Waals surface area contributed by atoms with Crippen molar-refractivity contribution < 1.29 is 27.8 Å². The number of benzene rings is 4. The highest BCUT2D eigenvalue weighted by Crippen LogP contribution is 2.32. The van der Waals surface area contributed by atoms with Crippen LogP contribution < -0.4 is 9.47 Å². The minimum atomic E-state index is -3.23. The third-order valence-electron chi connectivity index (χ3n) is 8.05. The van der Waals surface area contributed by atoms with Crippen molar-refractivity contribution in [3.63, 3.8) is 0 Å². The molecule has 4 aromatic rings. The molecule has 0 fully saturated rings. The van der Waals surface area contributed by atoms with Gasteiger partial charge in [-0.1, -0.05) is 69.0 Å². The van der Waals surface area contributed by atoms with Crippen molar-refractivity contribution in [1.29, 1.82) is 0 Å². The lowest BCUT2D eigenvalue weighted by atomic mass is 9.85. The van der Waals surface area contributed by atoms with Crippen LogP contribution in [0.25, 0.3) is 5.57 Å². The van der Waals surface area contributed by atoms with Crippen LogP contribution in [-0.2, 0) is 26.5 Å². The molecule has 0 saturated carbocycles. The van der Waals surface area contributed by atoms with Gasteiger partial charge in [-0.15, -0.1) is 0 Å². The molecule has 1 aliphatic rings. The number of hydrogen-bond acceptors (Lipinski definition) is 5. The predicted molar refractivity (Wildman–Crippen MR) is 181 cm³/mol. The summed E-state index contributed by atoms with van der Waals surface area (Å²) in [6.07, 6.45) is 2.57. The summed E-state index contributed by atoms with van der Waals surface area (Å²) >= 11 is 0. The van der Waals surface area contributed by atoms with E-state index in [9.17, 15) is 13.2 Å². The first-order valence-electron chi connectivity index (χ1n) is 15.2. The van der Waals surface area contributed by atoms with Crippen LogP contribution in [0.2, 0.25) is 0 Å². The Balaban J connectivity index is 1.37. The molecule has 4 aromatic carbocycles. The fraction of sp³-hybridized carbons (Fsp3) is 0.256. The number of carbonyl (C=O) groups is 1. The van der Waals surface area contributed by atoms with E-state index in [1.807, 2.05) is 43.3 Å². The van der Waals surface area contributed by atoms with Gasteiger partial charge in [-0.25, -0.2) is 13.2 Å². The van der Waals surface area contributed by atoms with E-state index < -0.39 is 27.7 Å². The monoisotopic (exact) mass is 634 g/mol. The molecule has 0 aromatic heterocycles. The van der Waals surface area contributed by atoms with Crippen LogP contribution in [0.5, 0.6) is 11.5 Å². The maximum absolute atomic E-state index is 12.5. The molecule has 0 bridgehead atoms. The van der Waals surface area contributed by atoms with Crippen molar-refractivity contribution in [2.75, 3.05) is 13.2 Å². The van der Waals surface area contributed by atoms with E-state index in [-0.39, 0.29) is 5.41 Å². The summed E-state index contributed by atoms with van der Waals surface area (Å²) in [5.41, 5.74) is 7.65. The molecule has 1 atom stereocenters. The Kier molecular flexibility index (Phi) is 9.41. The van der Waals surface area contributed by atoms with Gasteiger partial charge in [0, 0.05) is 11.1 Å². The molecule has 1 N–H and O–H groups in total. The molecule has 6 nitrogen and oxygen atoms in total. The van der Waals surface area contributed by atoms with Crippen LogP contribution in [0.3, 0.4) is 0 Å². The smallest absolute Gasteiger partial charge is 0.341 e. The Morgan fingerprint density at radius 1 is 0.891 bits per heavy atom. The van der Waals surface area contributed by atoms with Gasteiger partial charge in [0.05, 0.1) is 10.1 Å². The van der Waals surface area contributed by atoms with Gasteiger partial charge >= 0.3 is 5.97 Å². The Labute approximate surface area is 271 Å². The van der Waals surface area contributed by atoms with Gasteiger partial charge in [0.1, 0.15) is 18.1 Å². The Morgan fingerprint density at radius 3 is 2.15 bits per heavy atom. The van der Waals surface area contributed by atoms with Crippen LogP contribution in [0.1, 0.15) is 66.6 Å². The topological polar surface area (TPSA) is 89.9 Å². The highest BCUT2D eigenvalue weighted by atomic mass is 32.2. The van der Waals surface area contributed by atoms with Gasteiger partial charge < -0.3 is 14.6 Å². The first-order chi connectivity index (χ1) is 21.8. The van der Waals surface area contributed by atoms with Gasteiger partial charge in [0.25, 0.3) is 0 Å². The molecule has 1 heterocycles. The van der Waals surface area contributed by atoms with Gasteiger partial charge in [0.2, 0.25) is 0 Å². The van der Waals surface area contributed by atoms with E-state index in [2.05, 4.69) is 63.0 Å². The third kappa shape index (κ3) is 7.52. The minimum absolute atomic E-state index is 0.0371. The zero-order valence-corrected chi connectivity index (χ0v) is 27.6. The molecule has 236 valence electrons. The fourth-order valence-electron chi connectivity index (χ4n) is 5.39. The van der Waals surface area contributed by atoms with Crippen molar-refractivity contribution in [3.8, 4) is 23.3 Å². The maximum Gasteiger partial charge on any atom is 0.341 e. The molecular weight excluding hydrogens is 596 g/mol. The molecule has 0 amide bonds. The first kappa shape index (κ1) is 32.6. The van der Waals surface area contributed by atoms with E-state index in [1.54, 1.807) is 31.2 Å². The molecule has 0 radical (unpaired) electrons. The molecular formula is C39H38O6S. The number of rotatable bonds is 8. The summed E-state index contributed by atoms with van der Waals surface area (Å²) in [4.78, 5) is 11.3. The van der Waals surface area contributed by atoms with Crippen molar-refractivity contribution in [2.24, 2.45) is 0 Å². The molecule has 5 rings (SSSR count). The largest absolute Gasteiger partial charge is 0.489 e. The predicted octanol–water partition coefficient (Wildman–Crippen LogP) is 7.38. The van der Waals surface area contributed by atoms with Gasteiger partial charge in [0.15, 0.2) is 16.4 Å². The normalized spacial score (nSPS) is 15.4. The lowest BCUT2D eigenvalue weighted by molar-refractivity contribution is -0.139. The van der Waals surface area contributed by atoms with E-state index in [1.165, 1.54) is 5.56 Å². The van der Waals surface area contributed by atoms with Gasteiger partial charge in [-0.2, -0.15) is 0 Å². The molecule has 0 saturated heterocycles. The van der Waals surface area contributed by atoms with E-state index in [0.29, 0.717) is 29.4 Å². The van der Waals surface area contributed by atoms with Crippen LogP contribution in [0.15, 0.2) is 95.9 Å². The average Bonchev–Trinajstić information content (AvgIpc) is 3.24. The zero-order chi connectivity index (χ0) is 33.1. The lowest BCUT2D eigenvalue weighted by Gasteiger charge is -2.19. The highest BCUT2D eigenvalue weighted by Gasteiger charge is 2.33. The summed E-state index contributed by atoms with van der Waals surface area (Å²) in [5.74, 6) is 6.54. The second-order valence-corrected chi connectivity index (χ2v) is 14.9. The third-order valence-corrected chi connectivity index (χ3v) is 10.3. The zero-order valence-electron chi connectivity index (χ0n) is 26.8. The second kappa shape index (κ2) is 13.3. The van der Waals surface area contributed by atoms with E-state index in [0.717, 1.165) is 39.0 Å². The summed E-state index contributed by atoms with van der Waals surface area (Å²) < 4.78 is 36.3. The lowest BCUT2D eigenvalue weighted by Crippen LogP contribution is -2.11. The van der Waals surface area contributed by atoms with Crippen LogP contribution in [0, 0.1) is 18.8 Å². The van der Waals surface area contributed by atoms with Crippen LogP contribution in [0.4, 0.5) is 0 Å². The molecule has 7 heteroatoms. The molecule has 1 aliphatic heterocycles. The van der Waals surface area contributed by atoms with Crippen LogP contribution in [-0.4, -0.2) is 38.0 Å². The summed E-state index contributed by atoms with van der Waals surface area (Å²) in [5, 5.41) is 8.49. The Hall–Kier alpha value is -4.80. The standard InChI is InChI=1S/C39H38O6S/c1-26-22-34(17-18-36(26)45-25-38(40)41)44-21-20-35(31-13-15-33(16-14-31)39(3,4)5)30-11-8-28(9-12-30)6-7-29-10-19-37-32(24-29)23-27(2)46(37,42)43/h8-20,22,24,27H,21,23,25H2,1-5H3,(H,40,41)/b35-20+. The number of fused-ring (bicyclic) bond motifs is 1. The van der Waals surface area contributed by atoms with Gasteiger partial charge in [-0.05, 0) is 114 Å². The minimum Gasteiger partial charge on any atom is -0.489 e. The van der Waals surface area contributed by atoms with Gasteiger partial charge in [-0.3, -0.25) is 0 Å². The number of carboxylic acid groups (broad SMARTS) is 1. The maximum atomic E-state index is 12.5. The Bertz CT molecular complexity index is 1950. The number of sulfone groups is 1. The summed E-state index contributed by atoms with van der Waals surface area (Å²) in [7, 11) is -3.23. The van der Waals surface area contributed by atoms with Crippen LogP contribution >= 0.6 is 0 Å². The van der Waals surface area contributed by atoms with Crippen molar-refractivity contribution in [1.82, 2.24) is 0 Å². The molecule has 0 spiro atoms. The first-order valence-corrected chi connectivity index (χ1v) is 16.7. The number of aryl methyl sites for hydroxylation is 1. The average molecular weight is 635 g/mol. The SMILES string of the molecule is Cc1cc(OC/C=C(\c2ccc(C#Cc3ccc4c(c3)CC(C)S4(=O)=O)cc2)c2ccc(C(C)(C)C)cc2)ccc1OCC(=O)O. The number of hydrogen-bond donors (Lipinski definition) is 1. The molecule has 46 heavy (non-hydrogen) atoms. The van der Waals surface area contributed by atoms with E-state index >= 15 is 0 Å². The van der Waals surface area contributed by atoms with E-state index in [4.69, 9.17) is 14.6 Å². The second-order valence-electron chi connectivity index (χ2n) is 12.6. The number of carboxylic acids is 1. The number of aliphatic carboxylic acids is 1. The van der Waals surface area contributed by atoms with Crippen molar-refractivity contribution >= 4 is 21.4 Å². The fourth-order valence-corrected chi connectivity index (χ4v) is 6.99. The highest BCUT2D eigenvalue weighted by molar-refractivity contribution is 7.92. The Morgan fingerprint density at radius 2 is 1.52 bits per heavy atom. The molecule has 0 aliphatic carbocycles. The molecule has 1 unspecified atom stereocenters. The number of ether oxygens (including phenoxy) is 2.